The van der Waals surface area contributed by atoms with Gasteiger partial charge in [-0.2, -0.15) is 0 Å². The summed E-state index contributed by atoms with van der Waals surface area (Å²) in [5, 5.41) is 14.1. The molecule has 7 nitrogen and oxygen atoms in total. The minimum absolute atomic E-state index is 0.230. The summed E-state index contributed by atoms with van der Waals surface area (Å²) >= 11 is 0. The average molecular weight is 315 g/mol. The number of benzene rings is 1. The van der Waals surface area contributed by atoms with E-state index < -0.39 is 20.6 Å². The van der Waals surface area contributed by atoms with E-state index in [1.54, 1.807) is 13.0 Å². The Balaban J connectivity index is 2.82. The molecule has 1 aromatic rings. The molecule has 8 heteroatoms. The van der Waals surface area contributed by atoms with Crippen molar-refractivity contribution < 1.29 is 13.3 Å². The summed E-state index contributed by atoms with van der Waals surface area (Å²) in [5.74, 6) is 0. The van der Waals surface area contributed by atoms with Crippen LogP contribution in [0.4, 0.5) is 5.69 Å². The van der Waals surface area contributed by atoms with Crippen molar-refractivity contribution in [3.05, 3.63) is 33.9 Å². The van der Waals surface area contributed by atoms with Gasteiger partial charge in [0.2, 0.25) is 10.0 Å². The predicted octanol–water partition coefficient (Wildman–Crippen LogP) is 1.57. The maximum absolute atomic E-state index is 12.2. The van der Waals surface area contributed by atoms with Crippen LogP contribution in [0.5, 0.6) is 0 Å². The molecule has 0 aliphatic rings. The monoisotopic (exact) mass is 315 g/mol. The third-order valence-electron chi connectivity index (χ3n) is 2.85. The molecule has 0 saturated heterocycles. The maximum atomic E-state index is 12.2. The lowest BCUT2D eigenvalue weighted by Gasteiger charge is -2.11. The molecule has 0 saturated carbocycles. The number of rotatable bonds is 8. The van der Waals surface area contributed by atoms with E-state index in [2.05, 4.69) is 10.0 Å². The van der Waals surface area contributed by atoms with Gasteiger partial charge in [0.05, 0.1) is 4.92 Å². The van der Waals surface area contributed by atoms with Crippen molar-refractivity contribution in [3.63, 3.8) is 0 Å². The lowest BCUT2D eigenvalue weighted by Crippen LogP contribution is -2.30. The zero-order chi connectivity index (χ0) is 16.0. The molecule has 0 aliphatic carbocycles. The molecule has 0 unspecified atom stereocenters. The van der Waals surface area contributed by atoms with Crippen molar-refractivity contribution >= 4 is 15.7 Å². The summed E-state index contributed by atoms with van der Waals surface area (Å²) in [4.78, 5) is 10.0. The average Bonchev–Trinajstić information content (AvgIpc) is 2.37. The molecule has 0 atom stereocenters. The fraction of sp³-hybridized carbons (Fsp3) is 0.538. The van der Waals surface area contributed by atoms with E-state index in [0.717, 1.165) is 0 Å². The summed E-state index contributed by atoms with van der Waals surface area (Å²) in [7, 11) is -3.89. The second kappa shape index (κ2) is 7.48. The van der Waals surface area contributed by atoms with Gasteiger partial charge in [0.25, 0.3) is 5.69 Å². The standard InChI is InChI=1S/C13H21N3O4S/c1-10(2)14-8-5-9-15-21(19,20)13-11(3)6-4-7-12(13)16(17)18/h4,6-7,10,14-15H,5,8-9H2,1-3H3. The van der Waals surface area contributed by atoms with Crippen molar-refractivity contribution in [3.8, 4) is 0 Å². The smallest absolute Gasteiger partial charge is 0.289 e. The second-order valence-corrected chi connectivity index (χ2v) is 6.74. The van der Waals surface area contributed by atoms with E-state index in [1.807, 2.05) is 13.8 Å². The normalized spacial score (nSPS) is 11.8. The number of nitro benzene ring substituents is 1. The van der Waals surface area contributed by atoms with Crippen molar-refractivity contribution in [1.29, 1.82) is 0 Å². The number of hydrogen-bond donors (Lipinski definition) is 2. The molecule has 21 heavy (non-hydrogen) atoms. The number of nitro groups is 1. The Morgan fingerprint density at radius 1 is 1.29 bits per heavy atom. The highest BCUT2D eigenvalue weighted by molar-refractivity contribution is 7.89. The summed E-state index contributed by atoms with van der Waals surface area (Å²) in [6.45, 7) is 6.45. The number of aryl methyl sites for hydroxylation is 1. The van der Waals surface area contributed by atoms with Crippen molar-refractivity contribution in [2.75, 3.05) is 13.1 Å². The van der Waals surface area contributed by atoms with Gasteiger partial charge in [0, 0.05) is 18.7 Å². The topological polar surface area (TPSA) is 101 Å². The third-order valence-corrected chi connectivity index (χ3v) is 4.51. The van der Waals surface area contributed by atoms with Gasteiger partial charge in [0.15, 0.2) is 4.90 Å². The molecule has 0 radical (unpaired) electrons. The van der Waals surface area contributed by atoms with Crippen LogP contribution in [-0.4, -0.2) is 32.5 Å². The Labute approximate surface area is 124 Å². The molecule has 2 N–H and O–H groups in total. The molecule has 0 spiro atoms. The number of hydrogen-bond acceptors (Lipinski definition) is 5. The molecule has 0 aromatic heterocycles. The van der Waals surface area contributed by atoms with Crippen LogP contribution in [-0.2, 0) is 10.0 Å². The quantitative estimate of drug-likeness (QED) is 0.431. The van der Waals surface area contributed by atoms with Gasteiger partial charge >= 0.3 is 0 Å². The van der Waals surface area contributed by atoms with Crippen LogP contribution in [0.25, 0.3) is 0 Å². The highest BCUT2D eigenvalue weighted by Crippen LogP contribution is 2.26. The minimum Gasteiger partial charge on any atom is -0.314 e. The molecule has 0 amide bonds. The molecule has 118 valence electrons. The first-order valence-corrected chi connectivity index (χ1v) is 8.21. The molecule has 0 fully saturated rings. The van der Waals surface area contributed by atoms with E-state index >= 15 is 0 Å². The van der Waals surface area contributed by atoms with Crippen LogP contribution < -0.4 is 10.0 Å². The fourth-order valence-corrected chi connectivity index (χ4v) is 3.36. The first kappa shape index (κ1) is 17.5. The molecular weight excluding hydrogens is 294 g/mol. The van der Waals surface area contributed by atoms with E-state index in [0.29, 0.717) is 24.6 Å². The maximum Gasteiger partial charge on any atom is 0.289 e. The van der Waals surface area contributed by atoms with Gasteiger partial charge in [-0.25, -0.2) is 13.1 Å². The van der Waals surface area contributed by atoms with Gasteiger partial charge in [-0.05, 0) is 25.5 Å². The van der Waals surface area contributed by atoms with Crippen LogP contribution in [0, 0.1) is 17.0 Å². The zero-order valence-corrected chi connectivity index (χ0v) is 13.2. The van der Waals surface area contributed by atoms with Crippen LogP contribution in [0.2, 0.25) is 0 Å². The Morgan fingerprint density at radius 3 is 2.52 bits per heavy atom. The summed E-state index contributed by atoms with van der Waals surface area (Å²) in [6.07, 6.45) is 0.608. The van der Waals surface area contributed by atoms with Crippen LogP contribution in [0.3, 0.4) is 0 Å². The van der Waals surface area contributed by atoms with Crippen molar-refractivity contribution in [2.24, 2.45) is 0 Å². The Bertz CT molecular complexity index is 599. The molecular formula is C13H21N3O4S. The van der Waals surface area contributed by atoms with Crippen molar-refractivity contribution in [2.45, 2.75) is 38.1 Å². The van der Waals surface area contributed by atoms with E-state index in [9.17, 15) is 18.5 Å². The summed E-state index contributed by atoms with van der Waals surface area (Å²) in [6, 6.07) is 4.54. The van der Waals surface area contributed by atoms with E-state index in [1.165, 1.54) is 12.1 Å². The van der Waals surface area contributed by atoms with Crippen LogP contribution in [0.15, 0.2) is 23.1 Å². The molecule has 1 rings (SSSR count). The third kappa shape index (κ3) is 5.07. The Morgan fingerprint density at radius 2 is 1.95 bits per heavy atom. The molecule has 0 heterocycles. The first-order chi connectivity index (χ1) is 9.75. The fourth-order valence-electron chi connectivity index (χ4n) is 1.89. The SMILES string of the molecule is Cc1cccc([N+](=O)[O-])c1S(=O)(=O)NCCCNC(C)C. The largest absolute Gasteiger partial charge is 0.314 e. The Hall–Kier alpha value is -1.51. The number of nitrogens with zero attached hydrogens (tertiary/aromatic N) is 1. The zero-order valence-electron chi connectivity index (χ0n) is 12.4. The van der Waals surface area contributed by atoms with Crippen molar-refractivity contribution in [1.82, 2.24) is 10.0 Å². The summed E-state index contributed by atoms with van der Waals surface area (Å²) in [5.41, 5.74) is -0.0418. The predicted molar refractivity (Wildman–Crippen MR) is 80.8 cm³/mol. The highest BCUT2D eigenvalue weighted by Gasteiger charge is 2.27. The van der Waals surface area contributed by atoms with Gasteiger partial charge in [-0.1, -0.05) is 26.0 Å². The minimum atomic E-state index is -3.89. The number of nitrogens with one attached hydrogen (secondary N) is 2. The Kier molecular flexibility index (Phi) is 6.25. The molecule has 0 aliphatic heterocycles. The van der Waals surface area contributed by atoms with E-state index in [4.69, 9.17) is 0 Å². The highest BCUT2D eigenvalue weighted by atomic mass is 32.2. The van der Waals surface area contributed by atoms with Gasteiger partial charge in [-0.3, -0.25) is 10.1 Å². The second-order valence-electron chi connectivity index (χ2n) is 5.04. The van der Waals surface area contributed by atoms with Gasteiger partial charge < -0.3 is 5.32 Å². The summed E-state index contributed by atoms with van der Waals surface area (Å²) < 4.78 is 26.9. The lowest BCUT2D eigenvalue weighted by atomic mass is 10.2. The van der Waals surface area contributed by atoms with Crippen LogP contribution >= 0.6 is 0 Å². The van der Waals surface area contributed by atoms with Crippen LogP contribution in [0.1, 0.15) is 25.8 Å². The first-order valence-electron chi connectivity index (χ1n) is 6.72. The van der Waals surface area contributed by atoms with E-state index in [-0.39, 0.29) is 11.4 Å². The molecule has 0 bridgehead atoms. The number of sulfonamides is 1. The molecule has 1 aromatic carbocycles. The van der Waals surface area contributed by atoms with Gasteiger partial charge in [0.1, 0.15) is 0 Å². The van der Waals surface area contributed by atoms with Gasteiger partial charge in [-0.15, -0.1) is 0 Å². The lowest BCUT2D eigenvalue weighted by molar-refractivity contribution is -0.387.